The largest absolute Gasteiger partial charge is 0.311 e. The number of nitrogens with zero attached hydrogens (tertiary/aromatic N) is 1. The monoisotopic (exact) mass is 625 g/mol. The normalized spacial score (nSPS) is 11.5. The highest BCUT2D eigenvalue weighted by Crippen LogP contribution is 2.57. The highest BCUT2D eigenvalue weighted by molar-refractivity contribution is 6.24. The summed E-state index contributed by atoms with van der Waals surface area (Å²) in [7, 11) is 0. The topological polar surface area (TPSA) is 3.24 Å². The van der Waals surface area contributed by atoms with Gasteiger partial charge in [0.1, 0.15) is 0 Å². The molecule has 0 aromatic heterocycles. The van der Waals surface area contributed by atoms with Gasteiger partial charge in [-0.05, 0) is 117 Å². The van der Waals surface area contributed by atoms with Gasteiger partial charge in [-0.3, -0.25) is 0 Å². The quantitative estimate of drug-likeness (QED) is 0.178. The molecule has 0 heterocycles. The van der Waals surface area contributed by atoms with Gasteiger partial charge < -0.3 is 4.90 Å². The van der Waals surface area contributed by atoms with Gasteiger partial charge in [0.25, 0.3) is 0 Å². The van der Waals surface area contributed by atoms with Crippen LogP contribution in [0.15, 0.2) is 176 Å². The van der Waals surface area contributed by atoms with Crippen molar-refractivity contribution in [1.29, 1.82) is 0 Å². The molecule has 0 spiro atoms. The number of hydrogen-bond acceptors (Lipinski definition) is 1. The summed E-state index contributed by atoms with van der Waals surface area (Å²) >= 11 is 0. The Morgan fingerprint density at radius 1 is 0.306 bits per heavy atom. The average molecular weight is 626 g/mol. The molecule has 0 bridgehead atoms. The van der Waals surface area contributed by atoms with Gasteiger partial charge in [0, 0.05) is 17.1 Å². The van der Waals surface area contributed by atoms with Crippen molar-refractivity contribution in [1.82, 2.24) is 0 Å². The van der Waals surface area contributed by atoms with E-state index in [1.807, 2.05) is 0 Å². The maximum atomic E-state index is 2.34. The summed E-state index contributed by atoms with van der Waals surface area (Å²) in [6.07, 6.45) is 0. The van der Waals surface area contributed by atoms with Crippen molar-refractivity contribution in [2.45, 2.75) is 13.8 Å². The Balaban J connectivity index is 1.25. The zero-order chi connectivity index (χ0) is 32.9. The fraction of sp³-hybridized carbons (Fsp3) is 0.0417. The van der Waals surface area contributed by atoms with Gasteiger partial charge in [-0.15, -0.1) is 0 Å². The zero-order valence-electron chi connectivity index (χ0n) is 27.7. The second-order valence-electron chi connectivity index (χ2n) is 13.1. The van der Waals surface area contributed by atoms with Crippen LogP contribution in [-0.2, 0) is 0 Å². The first-order valence-corrected chi connectivity index (χ1v) is 17.0. The lowest BCUT2D eigenvalue weighted by Crippen LogP contribution is -2.09. The Morgan fingerprint density at radius 3 is 1.31 bits per heavy atom. The van der Waals surface area contributed by atoms with E-state index in [1.165, 1.54) is 77.5 Å². The smallest absolute Gasteiger partial charge is 0.0462 e. The summed E-state index contributed by atoms with van der Waals surface area (Å²) in [5, 5.41) is 2.60. The lowest BCUT2D eigenvalue weighted by atomic mass is 9.86. The highest BCUT2D eigenvalue weighted by atomic mass is 15.1. The van der Waals surface area contributed by atoms with E-state index in [-0.39, 0.29) is 0 Å². The van der Waals surface area contributed by atoms with Gasteiger partial charge in [-0.2, -0.15) is 0 Å². The second kappa shape index (κ2) is 11.8. The summed E-state index contributed by atoms with van der Waals surface area (Å²) < 4.78 is 0. The van der Waals surface area contributed by atoms with Crippen molar-refractivity contribution in [2.75, 3.05) is 4.90 Å². The Kier molecular flexibility index (Phi) is 6.99. The molecule has 9 rings (SSSR count). The highest BCUT2D eigenvalue weighted by Gasteiger charge is 2.30. The third-order valence-electron chi connectivity index (χ3n) is 9.96. The molecule has 1 heteroatoms. The van der Waals surface area contributed by atoms with Gasteiger partial charge in [0.2, 0.25) is 0 Å². The van der Waals surface area contributed by atoms with Crippen molar-refractivity contribution in [2.24, 2.45) is 0 Å². The number of rotatable bonds is 6. The van der Waals surface area contributed by atoms with Crippen LogP contribution in [0.25, 0.3) is 66.4 Å². The first-order valence-electron chi connectivity index (χ1n) is 17.0. The minimum absolute atomic E-state index is 1.13. The Hall–Kier alpha value is -6.18. The van der Waals surface area contributed by atoms with Crippen LogP contribution in [0.2, 0.25) is 0 Å². The molecule has 0 unspecified atom stereocenters. The Labute approximate surface area is 288 Å². The van der Waals surface area contributed by atoms with Crippen molar-refractivity contribution < 1.29 is 0 Å². The fourth-order valence-electron chi connectivity index (χ4n) is 7.57. The molecule has 0 amide bonds. The summed E-state index contributed by atoms with van der Waals surface area (Å²) in [5.74, 6) is 0. The minimum atomic E-state index is 1.13. The molecule has 0 saturated carbocycles. The van der Waals surface area contributed by atoms with Gasteiger partial charge in [-0.25, -0.2) is 0 Å². The van der Waals surface area contributed by atoms with E-state index < -0.39 is 0 Å². The second-order valence-corrected chi connectivity index (χ2v) is 13.1. The Bertz CT molecular complexity index is 2410. The van der Waals surface area contributed by atoms with Crippen LogP contribution >= 0.6 is 0 Å². The SMILES string of the molecule is Cc1ccc(N(c2ccc(C)cc2)c2ccc(-c3ccc4cccc5c4c3-c3c(-c4ccccc4)ccc(-c4ccccc4)c3-5)cc2)cc1. The first kappa shape index (κ1) is 29.0. The maximum Gasteiger partial charge on any atom is 0.0462 e. The number of benzene rings is 8. The van der Waals surface area contributed by atoms with E-state index >= 15 is 0 Å². The van der Waals surface area contributed by atoms with E-state index in [0.29, 0.717) is 0 Å². The molecule has 1 aliphatic carbocycles. The minimum Gasteiger partial charge on any atom is -0.311 e. The standard InChI is InChI=1S/C48H35N/c1-32-16-23-38(24-17-32)49(39-25-18-33(2)19-26-39)40-27-20-36(21-28-40)42-29-22-37-14-9-15-44-45(37)47(42)48-43(35-12-7-4-8-13-35)31-30-41(46(44)48)34-10-5-3-6-11-34/h3-31H,1-2H3. The molecule has 0 fully saturated rings. The fourth-order valence-corrected chi connectivity index (χ4v) is 7.57. The molecule has 1 nitrogen and oxygen atoms in total. The van der Waals surface area contributed by atoms with Gasteiger partial charge >= 0.3 is 0 Å². The number of hydrogen-bond donors (Lipinski definition) is 0. The van der Waals surface area contributed by atoms with E-state index in [0.717, 1.165) is 17.1 Å². The van der Waals surface area contributed by atoms with E-state index in [1.54, 1.807) is 0 Å². The number of fused-ring (bicyclic) bond motifs is 3. The lowest BCUT2D eigenvalue weighted by molar-refractivity contribution is 1.27. The van der Waals surface area contributed by atoms with Gasteiger partial charge in [-0.1, -0.05) is 151 Å². The summed E-state index contributed by atoms with van der Waals surface area (Å²) in [6.45, 7) is 4.27. The summed E-state index contributed by atoms with van der Waals surface area (Å²) in [5.41, 5.74) is 18.7. The van der Waals surface area contributed by atoms with Crippen LogP contribution in [0.1, 0.15) is 11.1 Å². The third-order valence-corrected chi connectivity index (χ3v) is 9.96. The predicted octanol–water partition coefficient (Wildman–Crippen LogP) is 13.6. The van der Waals surface area contributed by atoms with Crippen LogP contribution in [0.4, 0.5) is 17.1 Å². The van der Waals surface area contributed by atoms with E-state index in [9.17, 15) is 0 Å². The average Bonchev–Trinajstić information content (AvgIpc) is 3.51. The van der Waals surface area contributed by atoms with E-state index in [4.69, 9.17) is 0 Å². The number of aryl methyl sites for hydroxylation is 2. The zero-order valence-corrected chi connectivity index (χ0v) is 27.7. The van der Waals surface area contributed by atoms with Gasteiger partial charge in [0.05, 0.1) is 0 Å². The predicted molar refractivity (Wildman–Crippen MR) is 209 cm³/mol. The van der Waals surface area contributed by atoms with Crippen LogP contribution in [0, 0.1) is 13.8 Å². The molecule has 0 saturated heterocycles. The molecule has 0 N–H and O–H groups in total. The summed E-state index contributed by atoms with van der Waals surface area (Å²) in [6, 6.07) is 64.5. The van der Waals surface area contributed by atoms with Gasteiger partial charge in [0.15, 0.2) is 0 Å². The van der Waals surface area contributed by atoms with Crippen molar-refractivity contribution >= 4 is 27.8 Å². The molecule has 49 heavy (non-hydrogen) atoms. The third kappa shape index (κ3) is 4.94. The maximum absolute atomic E-state index is 2.34. The molecule has 0 atom stereocenters. The lowest BCUT2D eigenvalue weighted by Gasteiger charge is -2.26. The van der Waals surface area contributed by atoms with Crippen molar-refractivity contribution in [3.63, 3.8) is 0 Å². The van der Waals surface area contributed by atoms with Crippen LogP contribution < -0.4 is 4.90 Å². The van der Waals surface area contributed by atoms with Crippen LogP contribution in [0.5, 0.6) is 0 Å². The molecule has 0 radical (unpaired) electrons. The van der Waals surface area contributed by atoms with E-state index in [2.05, 4.69) is 195 Å². The molecular formula is C48H35N. The molecule has 0 aliphatic heterocycles. The van der Waals surface area contributed by atoms with Crippen molar-refractivity contribution in [3.05, 3.63) is 187 Å². The Morgan fingerprint density at radius 2 is 0.755 bits per heavy atom. The molecule has 232 valence electrons. The van der Waals surface area contributed by atoms with Crippen LogP contribution in [-0.4, -0.2) is 0 Å². The molecular weight excluding hydrogens is 591 g/mol. The molecule has 8 aromatic carbocycles. The molecule has 8 aromatic rings. The number of anilines is 3. The van der Waals surface area contributed by atoms with Crippen molar-refractivity contribution in [3.8, 4) is 55.6 Å². The molecule has 1 aliphatic rings. The summed E-state index contributed by atoms with van der Waals surface area (Å²) in [4.78, 5) is 2.34. The van der Waals surface area contributed by atoms with Crippen LogP contribution in [0.3, 0.4) is 0 Å². The first-order chi connectivity index (χ1) is 24.1.